The van der Waals surface area contributed by atoms with E-state index in [1.165, 1.54) is 91.9 Å². The molecule has 0 radical (unpaired) electrons. The zero-order chi connectivity index (χ0) is 13.0. The highest BCUT2D eigenvalue weighted by Gasteiger charge is 2.24. The fourth-order valence-corrected chi connectivity index (χ4v) is 2.96. The van der Waals surface area contributed by atoms with Crippen LogP contribution in [0.3, 0.4) is 0 Å². The highest BCUT2D eigenvalue weighted by atomic mass is 35.5. The van der Waals surface area contributed by atoms with E-state index in [9.17, 15) is 0 Å². The standard InChI is InChI=1S/C15H36NSi.ClH/c1-4-7-11-16(12-8-5-2,13-9-6-3)14-10-15-17;/h4-15H2,1-3,17H3;1H/q+1;/p-1. The Bertz CT molecular complexity index is 127. The summed E-state index contributed by atoms with van der Waals surface area (Å²) < 4.78 is 1.44. The molecule has 0 spiro atoms. The highest BCUT2D eigenvalue weighted by Crippen LogP contribution is 2.16. The van der Waals surface area contributed by atoms with E-state index in [1.54, 1.807) is 0 Å². The summed E-state index contributed by atoms with van der Waals surface area (Å²) in [6.45, 7) is 12.8. The van der Waals surface area contributed by atoms with E-state index in [-0.39, 0.29) is 12.4 Å². The molecule has 0 saturated carbocycles. The van der Waals surface area contributed by atoms with Gasteiger partial charge in [0.1, 0.15) is 0 Å². The number of hydrogen-bond donors (Lipinski definition) is 0. The quantitative estimate of drug-likeness (QED) is 0.361. The Morgan fingerprint density at radius 3 is 1.28 bits per heavy atom. The molecule has 0 fully saturated rings. The summed E-state index contributed by atoms with van der Waals surface area (Å²) in [7, 11) is 1.39. The van der Waals surface area contributed by atoms with Crippen molar-refractivity contribution in [3.8, 4) is 0 Å². The van der Waals surface area contributed by atoms with Crippen molar-refractivity contribution in [1.29, 1.82) is 0 Å². The second kappa shape index (κ2) is 13.9. The largest absolute Gasteiger partial charge is 1.00 e. The van der Waals surface area contributed by atoms with Gasteiger partial charge in [0.05, 0.1) is 26.2 Å². The van der Waals surface area contributed by atoms with Gasteiger partial charge < -0.3 is 16.9 Å². The van der Waals surface area contributed by atoms with Crippen molar-refractivity contribution < 1.29 is 16.9 Å². The van der Waals surface area contributed by atoms with Crippen molar-refractivity contribution in [2.24, 2.45) is 0 Å². The van der Waals surface area contributed by atoms with Crippen LogP contribution < -0.4 is 12.4 Å². The molecule has 0 aromatic carbocycles. The highest BCUT2D eigenvalue weighted by molar-refractivity contribution is 6.08. The van der Waals surface area contributed by atoms with Gasteiger partial charge in [-0.3, -0.25) is 0 Å². The monoisotopic (exact) mass is 293 g/mol. The lowest BCUT2D eigenvalue weighted by atomic mass is 10.1. The van der Waals surface area contributed by atoms with Crippen LogP contribution in [0.1, 0.15) is 65.7 Å². The fraction of sp³-hybridized carbons (Fsp3) is 1.00. The Balaban J connectivity index is 0. The van der Waals surface area contributed by atoms with E-state index in [0.717, 1.165) is 0 Å². The number of quaternary nitrogens is 1. The minimum absolute atomic E-state index is 0. The number of nitrogens with zero attached hydrogens (tertiary/aromatic N) is 1. The number of hydrogen-bond acceptors (Lipinski definition) is 0. The van der Waals surface area contributed by atoms with Gasteiger partial charge in [-0.15, -0.1) is 0 Å². The minimum atomic E-state index is 0. The SMILES string of the molecule is CCCC[N+](CCCC)(CCCC)CCC[SiH3].[Cl-]. The molecule has 0 bridgehead atoms. The van der Waals surface area contributed by atoms with Gasteiger partial charge in [-0.25, -0.2) is 0 Å². The lowest BCUT2D eigenvalue weighted by Crippen LogP contribution is -3.00. The van der Waals surface area contributed by atoms with Gasteiger partial charge in [0.25, 0.3) is 0 Å². The summed E-state index contributed by atoms with van der Waals surface area (Å²) in [4.78, 5) is 0. The van der Waals surface area contributed by atoms with Crippen molar-refractivity contribution in [2.75, 3.05) is 26.2 Å². The first-order valence-electron chi connectivity index (χ1n) is 8.09. The first-order chi connectivity index (χ1) is 8.24. The molecular weight excluding hydrogens is 258 g/mol. The summed E-state index contributed by atoms with van der Waals surface area (Å²) in [5, 5.41) is 0. The molecule has 0 aromatic heterocycles. The van der Waals surface area contributed by atoms with Gasteiger partial charge >= 0.3 is 0 Å². The van der Waals surface area contributed by atoms with E-state index < -0.39 is 0 Å². The Hall–Kier alpha value is 0.467. The third kappa shape index (κ3) is 9.40. The maximum absolute atomic E-state index is 2.33. The zero-order valence-corrected chi connectivity index (χ0v) is 16.1. The van der Waals surface area contributed by atoms with Crippen molar-refractivity contribution in [1.82, 2.24) is 0 Å². The summed E-state index contributed by atoms with van der Waals surface area (Å²) in [5.74, 6) is 0. The van der Waals surface area contributed by atoms with Crippen LogP contribution in [0.15, 0.2) is 0 Å². The normalized spacial score (nSPS) is 11.5. The molecule has 1 nitrogen and oxygen atoms in total. The first-order valence-corrected chi connectivity index (χ1v) is 9.51. The number of unbranched alkanes of at least 4 members (excludes halogenated alkanes) is 3. The van der Waals surface area contributed by atoms with E-state index in [2.05, 4.69) is 20.8 Å². The predicted octanol–water partition coefficient (Wildman–Crippen LogP) is 0.381. The summed E-state index contributed by atoms with van der Waals surface area (Å²) >= 11 is 0. The van der Waals surface area contributed by atoms with Crippen molar-refractivity contribution >= 4 is 10.2 Å². The van der Waals surface area contributed by atoms with Crippen LogP contribution in [-0.2, 0) is 0 Å². The molecule has 112 valence electrons. The molecule has 0 heterocycles. The smallest absolute Gasteiger partial charge is 0.0786 e. The molecule has 3 heteroatoms. The minimum Gasteiger partial charge on any atom is -1.00 e. The molecule has 0 aliphatic heterocycles. The third-order valence-electron chi connectivity index (χ3n) is 3.94. The topological polar surface area (TPSA) is 0 Å². The molecule has 0 saturated heterocycles. The van der Waals surface area contributed by atoms with Crippen LogP contribution in [0, 0.1) is 0 Å². The molecule has 0 aliphatic rings. The van der Waals surface area contributed by atoms with Gasteiger partial charge in [-0.2, -0.15) is 0 Å². The van der Waals surface area contributed by atoms with E-state index in [0.29, 0.717) is 0 Å². The second-order valence-corrected chi connectivity index (χ2v) is 6.65. The van der Waals surface area contributed by atoms with Crippen molar-refractivity contribution in [2.45, 2.75) is 71.8 Å². The van der Waals surface area contributed by atoms with Crippen LogP contribution >= 0.6 is 0 Å². The van der Waals surface area contributed by atoms with E-state index >= 15 is 0 Å². The van der Waals surface area contributed by atoms with Crippen LogP contribution in [0.2, 0.25) is 6.04 Å². The maximum Gasteiger partial charge on any atom is 0.0786 e. The van der Waals surface area contributed by atoms with E-state index in [4.69, 9.17) is 0 Å². The van der Waals surface area contributed by atoms with Crippen molar-refractivity contribution in [3.63, 3.8) is 0 Å². The van der Waals surface area contributed by atoms with Gasteiger partial charge in [-0.1, -0.05) is 46.1 Å². The Morgan fingerprint density at radius 1 is 0.667 bits per heavy atom. The van der Waals surface area contributed by atoms with Gasteiger partial charge in [-0.05, 0) is 25.7 Å². The van der Waals surface area contributed by atoms with E-state index in [1.807, 2.05) is 0 Å². The lowest BCUT2D eigenvalue weighted by molar-refractivity contribution is -0.928. The lowest BCUT2D eigenvalue weighted by Gasteiger charge is -2.39. The first kappa shape index (κ1) is 20.8. The maximum atomic E-state index is 2.33. The molecule has 18 heavy (non-hydrogen) atoms. The summed E-state index contributed by atoms with van der Waals surface area (Å²) in [5.41, 5.74) is 0. The predicted molar refractivity (Wildman–Crippen MR) is 83.8 cm³/mol. The van der Waals surface area contributed by atoms with Gasteiger partial charge in [0.15, 0.2) is 0 Å². The third-order valence-corrected chi connectivity index (χ3v) is 4.65. The zero-order valence-electron chi connectivity index (χ0n) is 13.3. The van der Waals surface area contributed by atoms with Gasteiger partial charge in [0, 0.05) is 10.2 Å². The average Bonchev–Trinajstić information content (AvgIpc) is 2.37. The van der Waals surface area contributed by atoms with Crippen LogP contribution in [-0.4, -0.2) is 40.9 Å². The molecule has 0 rings (SSSR count). The fourth-order valence-electron chi connectivity index (χ4n) is 2.64. The Labute approximate surface area is 125 Å². The second-order valence-electron chi connectivity index (χ2n) is 5.65. The number of halogens is 1. The summed E-state index contributed by atoms with van der Waals surface area (Å²) in [6.07, 6.45) is 9.83. The number of rotatable bonds is 12. The van der Waals surface area contributed by atoms with Gasteiger partial charge in [0.2, 0.25) is 0 Å². The molecule has 0 atom stereocenters. The molecule has 0 aliphatic carbocycles. The van der Waals surface area contributed by atoms with Crippen LogP contribution in [0.5, 0.6) is 0 Å². The Morgan fingerprint density at radius 2 is 1.00 bits per heavy atom. The molecule has 0 N–H and O–H groups in total. The molecular formula is C15H36ClNSi. The molecule has 0 amide bonds. The van der Waals surface area contributed by atoms with Crippen LogP contribution in [0.25, 0.3) is 0 Å². The molecule has 0 aromatic rings. The summed E-state index contributed by atoms with van der Waals surface area (Å²) in [6, 6.07) is 1.49. The van der Waals surface area contributed by atoms with Crippen molar-refractivity contribution in [3.05, 3.63) is 0 Å². The molecule has 0 unspecified atom stereocenters. The van der Waals surface area contributed by atoms with Crippen LogP contribution in [0.4, 0.5) is 0 Å². The Kier molecular flexibility index (Phi) is 16.0. The average molecular weight is 294 g/mol.